The highest BCUT2D eigenvalue weighted by molar-refractivity contribution is 7.10. The van der Waals surface area contributed by atoms with Crippen LogP contribution in [-0.4, -0.2) is 47.8 Å². The number of ether oxygens (including phenoxy) is 2. The van der Waals surface area contributed by atoms with Crippen molar-refractivity contribution in [1.29, 1.82) is 0 Å². The Morgan fingerprint density at radius 1 is 1.22 bits per heavy atom. The Kier molecular flexibility index (Phi) is 11.3. The molecule has 3 rings (SSSR count). The van der Waals surface area contributed by atoms with E-state index in [1.807, 2.05) is 46.1 Å². The molecule has 0 bridgehead atoms. The smallest absolute Gasteiger partial charge is 0.309 e. The minimum absolute atomic E-state index is 0.0122. The lowest BCUT2D eigenvalue weighted by atomic mass is 9.73. The maximum Gasteiger partial charge on any atom is 0.309 e. The number of nitrogens with zero attached hydrogens (tertiary/aromatic N) is 1. The molecule has 0 radical (unpaired) electrons. The quantitative estimate of drug-likeness (QED) is 0.326. The van der Waals surface area contributed by atoms with E-state index < -0.39 is 23.6 Å². The molecule has 0 aromatic carbocycles. The van der Waals surface area contributed by atoms with Gasteiger partial charge in [0.15, 0.2) is 0 Å². The van der Waals surface area contributed by atoms with Crippen LogP contribution < -0.4 is 0 Å². The van der Waals surface area contributed by atoms with Crippen LogP contribution in [0.15, 0.2) is 11.0 Å². The van der Waals surface area contributed by atoms with Crippen LogP contribution in [0, 0.1) is 30.1 Å². The highest BCUT2D eigenvalue weighted by Crippen LogP contribution is 2.38. The number of aryl methyl sites for hydroxylation is 1. The molecule has 0 amide bonds. The molecular formula is C27H43NO6P2S. The number of rotatable bonds is 4. The molecular weight excluding hydrogens is 528 g/mol. The Bertz CT molecular complexity index is 966. The zero-order valence-corrected chi connectivity index (χ0v) is 26.0. The molecule has 0 aliphatic carbocycles. The summed E-state index contributed by atoms with van der Waals surface area (Å²) in [6.45, 7) is 12.4. The fraction of sp³-hybridized carbons (Fsp3) is 0.741. The Morgan fingerprint density at radius 2 is 1.95 bits per heavy atom. The first kappa shape index (κ1) is 30.8. The normalized spacial score (nSPS) is 34.4. The van der Waals surface area contributed by atoms with Crippen molar-refractivity contribution in [3.8, 4) is 0 Å². The van der Waals surface area contributed by atoms with Crippen LogP contribution in [0.2, 0.25) is 0 Å². The number of Topliss-reactive ketones (excluding diaryl/α,β-unsaturated/α-hetero) is 1. The summed E-state index contributed by atoms with van der Waals surface area (Å²) in [6.07, 6.45) is 4.27. The van der Waals surface area contributed by atoms with E-state index in [2.05, 4.69) is 30.8 Å². The van der Waals surface area contributed by atoms with Crippen molar-refractivity contribution >= 4 is 48.1 Å². The van der Waals surface area contributed by atoms with Crippen molar-refractivity contribution in [1.82, 2.24) is 4.98 Å². The third-order valence-electron chi connectivity index (χ3n) is 8.11. The van der Waals surface area contributed by atoms with Gasteiger partial charge in [0, 0.05) is 42.6 Å². The second kappa shape index (κ2) is 13.5. The maximum absolute atomic E-state index is 13.7. The number of thiazole rings is 1. The van der Waals surface area contributed by atoms with Gasteiger partial charge in [-0.1, -0.05) is 34.1 Å². The molecule has 3 heterocycles. The van der Waals surface area contributed by atoms with Crippen LogP contribution in [0.4, 0.5) is 0 Å². The van der Waals surface area contributed by atoms with Crippen LogP contribution in [0.1, 0.15) is 77.4 Å². The second-order valence-corrected chi connectivity index (χ2v) is 12.8. The standard InChI is InChI=1S/C27H43NO6P2S/c1-15-8-7-9-19-13-31-22(19)11-21(16(2)10-20-14-37-18(4)28-20)32-24(29)12-23(33-35)27(5,6)26(30)17(3)25(15)34-36/h10,14-15,17,19,21-23,25H,7-9,11-13,35-36H2,1-6H3/b16-10+. The molecule has 1 aromatic rings. The molecule has 208 valence electrons. The van der Waals surface area contributed by atoms with Gasteiger partial charge >= 0.3 is 5.97 Å². The molecule has 7 nitrogen and oxygen atoms in total. The minimum Gasteiger partial charge on any atom is -0.458 e. The fourth-order valence-corrected chi connectivity index (χ4v) is 7.06. The first-order valence-electron chi connectivity index (χ1n) is 13.1. The van der Waals surface area contributed by atoms with E-state index in [0.29, 0.717) is 12.3 Å². The minimum atomic E-state index is -0.918. The summed E-state index contributed by atoms with van der Waals surface area (Å²) < 4.78 is 23.4. The average Bonchev–Trinajstić information content (AvgIpc) is 3.25. The van der Waals surface area contributed by atoms with Gasteiger partial charge in [0.2, 0.25) is 0 Å². The summed E-state index contributed by atoms with van der Waals surface area (Å²) in [6, 6.07) is 0. The number of carbonyl (C=O) groups excluding carboxylic acids is 2. The van der Waals surface area contributed by atoms with Gasteiger partial charge in [-0.25, -0.2) is 4.98 Å². The van der Waals surface area contributed by atoms with Crippen LogP contribution in [0.3, 0.4) is 0 Å². The van der Waals surface area contributed by atoms with Crippen LogP contribution >= 0.6 is 30.3 Å². The lowest BCUT2D eigenvalue weighted by molar-refractivity contribution is -0.161. The van der Waals surface area contributed by atoms with Gasteiger partial charge in [-0.15, -0.1) is 11.3 Å². The predicted molar refractivity (Wildman–Crippen MR) is 153 cm³/mol. The van der Waals surface area contributed by atoms with E-state index in [0.717, 1.165) is 42.1 Å². The van der Waals surface area contributed by atoms with Crippen molar-refractivity contribution in [2.24, 2.45) is 23.2 Å². The van der Waals surface area contributed by atoms with E-state index >= 15 is 0 Å². The predicted octanol–water partition coefficient (Wildman–Crippen LogP) is 5.96. The topological polar surface area (TPSA) is 84.0 Å². The Hall–Kier alpha value is -0.750. The number of cyclic esters (lactones) is 1. The molecule has 2 aliphatic heterocycles. The maximum atomic E-state index is 13.7. The van der Waals surface area contributed by atoms with Crippen LogP contribution in [0.25, 0.3) is 6.08 Å². The summed E-state index contributed by atoms with van der Waals surface area (Å²) in [5, 5.41) is 2.99. The third kappa shape index (κ3) is 7.68. The molecule has 2 saturated heterocycles. The van der Waals surface area contributed by atoms with Crippen molar-refractivity contribution in [3.05, 3.63) is 21.7 Å². The van der Waals surface area contributed by atoms with E-state index in [1.165, 1.54) is 0 Å². The van der Waals surface area contributed by atoms with E-state index in [1.54, 1.807) is 11.3 Å². The number of carbonyl (C=O) groups is 2. The van der Waals surface area contributed by atoms with Gasteiger partial charge in [-0.3, -0.25) is 9.59 Å². The van der Waals surface area contributed by atoms with Gasteiger partial charge in [0.05, 0.1) is 47.5 Å². The number of ketones is 1. The highest BCUT2D eigenvalue weighted by Gasteiger charge is 2.44. The molecule has 9 unspecified atom stereocenters. The lowest BCUT2D eigenvalue weighted by Gasteiger charge is -2.40. The first-order chi connectivity index (χ1) is 17.5. The molecule has 0 N–H and O–H groups in total. The summed E-state index contributed by atoms with van der Waals surface area (Å²) in [7, 11) is 4.57. The zero-order chi connectivity index (χ0) is 27.3. The van der Waals surface area contributed by atoms with Crippen molar-refractivity contribution in [3.63, 3.8) is 0 Å². The number of hydrogen-bond acceptors (Lipinski definition) is 8. The Balaban J connectivity index is 1.89. The Labute approximate surface area is 230 Å². The summed E-state index contributed by atoms with van der Waals surface area (Å²) in [5.41, 5.74) is 0.871. The van der Waals surface area contributed by atoms with Crippen molar-refractivity contribution < 1.29 is 28.1 Å². The lowest BCUT2D eigenvalue weighted by Crippen LogP contribution is -2.47. The van der Waals surface area contributed by atoms with Crippen LogP contribution in [0.5, 0.6) is 0 Å². The summed E-state index contributed by atoms with van der Waals surface area (Å²) in [5.74, 6) is -0.110. The van der Waals surface area contributed by atoms with E-state index in [4.69, 9.17) is 18.5 Å². The number of hydrogen-bond donors (Lipinski definition) is 0. The first-order valence-corrected chi connectivity index (χ1v) is 15.0. The number of aromatic nitrogens is 1. The van der Waals surface area contributed by atoms with Gasteiger partial charge in [0.25, 0.3) is 0 Å². The molecule has 2 fully saturated rings. The average molecular weight is 572 g/mol. The number of fused-ring (bicyclic) bond motifs is 1. The molecule has 0 saturated carbocycles. The summed E-state index contributed by atoms with van der Waals surface area (Å²) in [4.78, 5) is 31.4. The van der Waals surface area contributed by atoms with Gasteiger partial charge < -0.3 is 18.5 Å². The largest absolute Gasteiger partial charge is 0.458 e. The molecule has 10 heteroatoms. The van der Waals surface area contributed by atoms with Gasteiger partial charge in [-0.2, -0.15) is 0 Å². The number of esters is 1. The fourth-order valence-electron chi connectivity index (χ4n) is 5.55. The SMILES string of the molecule is C/C(=C\c1csc(C)n1)C1CC2OCC2CCCC(C)C(OP)C(C)C(=O)C(C)(C)C(OP)CC(=O)O1. The van der Waals surface area contributed by atoms with Crippen molar-refractivity contribution in [2.45, 2.75) is 98.1 Å². The molecule has 2 aliphatic rings. The van der Waals surface area contributed by atoms with Gasteiger partial charge in [-0.05, 0) is 44.3 Å². The zero-order valence-electron chi connectivity index (χ0n) is 22.9. The highest BCUT2D eigenvalue weighted by atomic mass is 32.1. The van der Waals surface area contributed by atoms with E-state index in [9.17, 15) is 9.59 Å². The second-order valence-electron chi connectivity index (χ2n) is 11.2. The van der Waals surface area contributed by atoms with Crippen molar-refractivity contribution in [2.75, 3.05) is 6.61 Å². The molecule has 0 spiro atoms. The monoisotopic (exact) mass is 571 g/mol. The van der Waals surface area contributed by atoms with Crippen LogP contribution in [-0.2, 0) is 28.1 Å². The van der Waals surface area contributed by atoms with Gasteiger partial charge in [0.1, 0.15) is 11.9 Å². The third-order valence-corrected chi connectivity index (χ3v) is 9.54. The molecule has 1 aromatic heterocycles. The molecule has 37 heavy (non-hydrogen) atoms. The summed E-state index contributed by atoms with van der Waals surface area (Å²) >= 11 is 1.59. The Morgan fingerprint density at radius 3 is 2.51 bits per heavy atom. The van der Waals surface area contributed by atoms with E-state index in [-0.39, 0.29) is 36.2 Å². The molecule has 9 atom stereocenters.